The average Bonchev–Trinajstić information content (AvgIpc) is 2.90. The lowest BCUT2D eigenvalue weighted by Crippen LogP contribution is -2.12. The summed E-state index contributed by atoms with van der Waals surface area (Å²) in [6, 6.07) is 14.8. The zero-order valence-electron chi connectivity index (χ0n) is 11.9. The Morgan fingerprint density at radius 2 is 2.00 bits per heavy atom. The van der Waals surface area contributed by atoms with Crippen molar-refractivity contribution >= 4 is 11.0 Å². The second-order valence-electron chi connectivity index (χ2n) is 5.00. The Bertz CT molecular complexity index is 728. The fraction of sp³-hybridized carbons (Fsp3) is 0.235. The number of benzene rings is 2. The molecule has 2 aromatic carbocycles. The minimum atomic E-state index is 0.899. The number of nitrogens with zero attached hydrogens (tertiary/aromatic N) is 2. The van der Waals surface area contributed by atoms with E-state index < -0.39 is 0 Å². The molecule has 0 radical (unpaired) electrons. The summed E-state index contributed by atoms with van der Waals surface area (Å²) >= 11 is 0. The molecule has 0 saturated carbocycles. The number of para-hydroxylation sites is 2. The van der Waals surface area contributed by atoms with Crippen LogP contribution in [0.5, 0.6) is 0 Å². The van der Waals surface area contributed by atoms with Crippen LogP contribution in [0.4, 0.5) is 0 Å². The molecule has 0 spiro atoms. The molecule has 0 aliphatic rings. The van der Waals surface area contributed by atoms with E-state index in [9.17, 15) is 0 Å². The molecule has 0 saturated heterocycles. The van der Waals surface area contributed by atoms with E-state index in [4.69, 9.17) is 0 Å². The molecule has 102 valence electrons. The first-order chi connectivity index (χ1) is 9.79. The van der Waals surface area contributed by atoms with Crippen LogP contribution in [-0.4, -0.2) is 16.1 Å². The van der Waals surface area contributed by atoms with Crippen molar-refractivity contribution in [2.24, 2.45) is 0 Å². The lowest BCUT2D eigenvalue weighted by molar-refractivity contribution is 0.726. The van der Waals surface area contributed by atoms with Gasteiger partial charge in [0, 0.05) is 6.54 Å². The largest absolute Gasteiger partial charge is 0.313 e. The summed E-state index contributed by atoms with van der Waals surface area (Å²) < 4.78 is 2.17. The fourth-order valence-corrected chi connectivity index (χ4v) is 2.44. The van der Waals surface area contributed by atoms with Gasteiger partial charge in [0.15, 0.2) is 0 Å². The molecule has 3 nitrogen and oxygen atoms in total. The summed E-state index contributed by atoms with van der Waals surface area (Å²) in [7, 11) is 0. The van der Waals surface area contributed by atoms with Crippen LogP contribution in [0.2, 0.25) is 0 Å². The normalized spacial score (nSPS) is 11.1. The molecular formula is C17H19N3. The molecule has 0 amide bonds. The maximum absolute atomic E-state index is 4.48. The number of nitrogens with one attached hydrogen (secondary N) is 1. The molecule has 0 aliphatic carbocycles. The van der Waals surface area contributed by atoms with E-state index in [-0.39, 0.29) is 0 Å². The van der Waals surface area contributed by atoms with Crippen molar-refractivity contribution in [1.82, 2.24) is 14.9 Å². The maximum Gasteiger partial charge on any atom is 0.100 e. The Labute approximate surface area is 119 Å². The van der Waals surface area contributed by atoms with E-state index in [0.717, 1.165) is 24.1 Å². The van der Waals surface area contributed by atoms with E-state index in [0.29, 0.717) is 0 Å². The fourth-order valence-electron chi connectivity index (χ4n) is 2.44. The van der Waals surface area contributed by atoms with Gasteiger partial charge >= 0.3 is 0 Å². The van der Waals surface area contributed by atoms with Crippen LogP contribution in [0.15, 0.2) is 48.8 Å². The number of fused-ring (bicyclic) bond motifs is 1. The number of aryl methyl sites for hydroxylation is 1. The van der Waals surface area contributed by atoms with Gasteiger partial charge in [-0.3, -0.25) is 4.57 Å². The van der Waals surface area contributed by atoms with Crippen LogP contribution in [0.25, 0.3) is 16.7 Å². The molecule has 3 aromatic rings. The number of aromatic nitrogens is 2. The zero-order chi connectivity index (χ0) is 13.9. The molecule has 1 aromatic heterocycles. The van der Waals surface area contributed by atoms with Crippen molar-refractivity contribution in [1.29, 1.82) is 0 Å². The summed E-state index contributed by atoms with van der Waals surface area (Å²) in [5.74, 6) is 0. The third-order valence-electron chi connectivity index (χ3n) is 3.57. The molecule has 0 fully saturated rings. The number of imidazole rings is 1. The minimum absolute atomic E-state index is 0.899. The Kier molecular flexibility index (Phi) is 3.52. The Hall–Kier alpha value is -2.13. The highest BCUT2D eigenvalue weighted by molar-refractivity contribution is 5.77. The second kappa shape index (κ2) is 5.47. The Balaban J connectivity index is 2.08. The summed E-state index contributed by atoms with van der Waals surface area (Å²) in [6.45, 7) is 6.15. The Morgan fingerprint density at radius 3 is 2.85 bits per heavy atom. The first-order valence-corrected chi connectivity index (χ1v) is 7.02. The van der Waals surface area contributed by atoms with Gasteiger partial charge < -0.3 is 5.32 Å². The highest BCUT2D eigenvalue weighted by atomic mass is 15.0. The molecule has 20 heavy (non-hydrogen) atoms. The van der Waals surface area contributed by atoms with E-state index in [1.165, 1.54) is 16.8 Å². The standard InChI is InChI=1S/C17H19N3/c1-3-18-11-14-9-8-13(2)17(10-14)20-12-19-15-6-4-5-7-16(15)20/h4-10,12,18H,3,11H2,1-2H3. The van der Waals surface area contributed by atoms with Gasteiger partial charge in [0.2, 0.25) is 0 Å². The topological polar surface area (TPSA) is 29.9 Å². The van der Waals surface area contributed by atoms with Crippen molar-refractivity contribution < 1.29 is 0 Å². The quantitative estimate of drug-likeness (QED) is 0.783. The summed E-state index contributed by atoms with van der Waals surface area (Å²) in [4.78, 5) is 4.48. The van der Waals surface area contributed by atoms with Crippen molar-refractivity contribution in [3.05, 3.63) is 59.9 Å². The third-order valence-corrected chi connectivity index (χ3v) is 3.57. The average molecular weight is 265 g/mol. The first-order valence-electron chi connectivity index (χ1n) is 7.02. The smallest absolute Gasteiger partial charge is 0.100 e. The highest BCUT2D eigenvalue weighted by Gasteiger charge is 2.07. The van der Waals surface area contributed by atoms with E-state index >= 15 is 0 Å². The highest BCUT2D eigenvalue weighted by Crippen LogP contribution is 2.21. The van der Waals surface area contributed by atoms with E-state index in [1.807, 2.05) is 18.5 Å². The molecule has 3 rings (SSSR count). The SMILES string of the molecule is CCNCc1ccc(C)c(-n2cnc3ccccc32)c1. The van der Waals surface area contributed by atoms with Crippen molar-refractivity contribution in [3.63, 3.8) is 0 Å². The molecule has 0 atom stereocenters. The molecule has 0 bridgehead atoms. The summed E-state index contributed by atoms with van der Waals surface area (Å²) in [5, 5.41) is 3.37. The van der Waals surface area contributed by atoms with Gasteiger partial charge in [-0.15, -0.1) is 0 Å². The second-order valence-corrected chi connectivity index (χ2v) is 5.00. The lowest BCUT2D eigenvalue weighted by atomic mass is 10.1. The van der Waals surface area contributed by atoms with E-state index in [2.05, 4.69) is 59.0 Å². The molecule has 3 heteroatoms. The van der Waals surface area contributed by atoms with Gasteiger partial charge in [-0.25, -0.2) is 4.98 Å². The van der Waals surface area contributed by atoms with Gasteiger partial charge in [0.25, 0.3) is 0 Å². The Morgan fingerprint density at radius 1 is 1.15 bits per heavy atom. The molecule has 0 unspecified atom stereocenters. The van der Waals surface area contributed by atoms with Gasteiger partial charge in [-0.05, 0) is 42.8 Å². The van der Waals surface area contributed by atoms with Crippen molar-refractivity contribution in [3.8, 4) is 5.69 Å². The van der Waals surface area contributed by atoms with Crippen molar-refractivity contribution in [2.45, 2.75) is 20.4 Å². The number of hydrogen-bond acceptors (Lipinski definition) is 2. The summed E-state index contributed by atoms with van der Waals surface area (Å²) in [6.07, 6.45) is 1.91. The molecule has 1 N–H and O–H groups in total. The van der Waals surface area contributed by atoms with Gasteiger partial charge in [-0.1, -0.05) is 31.2 Å². The van der Waals surface area contributed by atoms with Gasteiger partial charge in [0.05, 0.1) is 16.7 Å². The zero-order valence-corrected chi connectivity index (χ0v) is 11.9. The summed E-state index contributed by atoms with van der Waals surface area (Å²) in [5.41, 5.74) is 5.94. The van der Waals surface area contributed by atoms with Crippen LogP contribution < -0.4 is 5.32 Å². The van der Waals surface area contributed by atoms with Crippen LogP contribution >= 0.6 is 0 Å². The predicted molar refractivity (Wildman–Crippen MR) is 83.2 cm³/mol. The minimum Gasteiger partial charge on any atom is -0.313 e. The molecule has 1 heterocycles. The third kappa shape index (κ3) is 2.32. The lowest BCUT2D eigenvalue weighted by Gasteiger charge is -2.11. The van der Waals surface area contributed by atoms with Gasteiger partial charge in [0.1, 0.15) is 6.33 Å². The van der Waals surface area contributed by atoms with Crippen LogP contribution in [-0.2, 0) is 6.54 Å². The van der Waals surface area contributed by atoms with Gasteiger partial charge in [-0.2, -0.15) is 0 Å². The first kappa shape index (κ1) is 12.9. The monoisotopic (exact) mass is 265 g/mol. The van der Waals surface area contributed by atoms with Crippen LogP contribution in [0.3, 0.4) is 0 Å². The van der Waals surface area contributed by atoms with Crippen LogP contribution in [0, 0.1) is 6.92 Å². The molecular weight excluding hydrogens is 246 g/mol. The molecule has 0 aliphatic heterocycles. The number of hydrogen-bond donors (Lipinski definition) is 1. The van der Waals surface area contributed by atoms with Crippen LogP contribution in [0.1, 0.15) is 18.1 Å². The predicted octanol–water partition coefficient (Wildman–Crippen LogP) is 3.44. The van der Waals surface area contributed by atoms with Crippen molar-refractivity contribution in [2.75, 3.05) is 6.54 Å². The maximum atomic E-state index is 4.48. The number of rotatable bonds is 4. The van der Waals surface area contributed by atoms with E-state index in [1.54, 1.807) is 0 Å².